The smallest absolute Gasteiger partial charge is 0.159 e. The van der Waals surface area contributed by atoms with Gasteiger partial charge < -0.3 is 10.8 Å². The summed E-state index contributed by atoms with van der Waals surface area (Å²) in [7, 11) is 0. The molecular formula is C16H17F2NO. The van der Waals surface area contributed by atoms with Gasteiger partial charge in [-0.3, -0.25) is 0 Å². The maximum Gasteiger partial charge on any atom is 0.159 e. The number of hydrogen-bond acceptors (Lipinski definition) is 2. The molecule has 4 heteroatoms. The Hall–Kier alpha value is -1.78. The van der Waals surface area contributed by atoms with Gasteiger partial charge in [0, 0.05) is 12.5 Å². The van der Waals surface area contributed by atoms with E-state index in [2.05, 4.69) is 0 Å². The van der Waals surface area contributed by atoms with Gasteiger partial charge >= 0.3 is 0 Å². The fourth-order valence-corrected chi connectivity index (χ4v) is 2.36. The summed E-state index contributed by atoms with van der Waals surface area (Å²) in [6.07, 6.45) is -0.976. The molecular weight excluding hydrogens is 260 g/mol. The summed E-state index contributed by atoms with van der Waals surface area (Å²) in [6, 6.07) is 11.0. The zero-order valence-electron chi connectivity index (χ0n) is 11.2. The standard InChI is InChI=1S/C16H17F2NO/c1-10-4-2-3-5-12(10)13(9-19)16(20)11-6-7-14(17)15(18)8-11/h2-8,13,16,20H,9,19H2,1H3. The topological polar surface area (TPSA) is 46.2 Å². The summed E-state index contributed by atoms with van der Waals surface area (Å²) in [5.74, 6) is -2.26. The number of aliphatic hydroxyl groups excluding tert-OH is 1. The molecule has 0 saturated carbocycles. The minimum absolute atomic E-state index is 0.213. The molecule has 2 unspecified atom stereocenters. The van der Waals surface area contributed by atoms with Crippen LogP contribution in [-0.2, 0) is 0 Å². The van der Waals surface area contributed by atoms with Crippen molar-refractivity contribution in [3.05, 3.63) is 70.8 Å². The van der Waals surface area contributed by atoms with Crippen molar-refractivity contribution in [1.29, 1.82) is 0 Å². The highest BCUT2D eigenvalue weighted by Gasteiger charge is 2.23. The number of aryl methyl sites for hydroxylation is 1. The predicted octanol–water partition coefficient (Wildman–Crippen LogP) is 3.05. The zero-order valence-corrected chi connectivity index (χ0v) is 11.2. The van der Waals surface area contributed by atoms with E-state index in [9.17, 15) is 13.9 Å². The first-order chi connectivity index (χ1) is 9.54. The van der Waals surface area contributed by atoms with Crippen LogP contribution in [0.5, 0.6) is 0 Å². The second kappa shape index (κ2) is 6.11. The average Bonchev–Trinajstić information content (AvgIpc) is 2.44. The molecule has 0 saturated heterocycles. The van der Waals surface area contributed by atoms with Crippen LogP contribution in [0.15, 0.2) is 42.5 Å². The van der Waals surface area contributed by atoms with Gasteiger partial charge in [-0.15, -0.1) is 0 Å². The fraction of sp³-hybridized carbons (Fsp3) is 0.250. The van der Waals surface area contributed by atoms with Gasteiger partial charge in [0.25, 0.3) is 0 Å². The highest BCUT2D eigenvalue weighted by molar-refractivity contribution is 5.33. The average molecular weight is 277 g/mol. The van der Waals surface area contributed by atoms with Crippen LogP contribution in [0.1, 0.15) is 28.7 Å². The lowest BCUT2D eigenvalue weighted by atomic mass is 9.87. The molecule has 0 fully saturated rings. The molecule has 0 aromatic heterocycles. The van der Waals surface area contributed by atoms with Crippen LogP contribution >= 0.6 is 0 Å². The van der Waals surface area contributed by atoms with Gasteiger partial charge in [0.1, 0.15) is 0 Å². The number of rotatable bonds is 4. The third-order valence-electron chi connectivity index (χ3n) is 3.51. The molecule has 2 nitrogen and oxygen atoms in total. The van der Waals surface area contributed by atoms with E-state index in [1.165, 1.54) is 6.07 Å². The normalized spacial score (nSPS) is 14.1. The maximum atomic E-state index is 13.3. The van der Waals surface area contributed by atoms with E-state index in [4.69, 9.17) is 5.73 Å². The van der Waals surface area contributed by atoms with Crippen LogP contribution in [0, 0.1) is 18.6 Å². The van der Waals surface area contributed by atoms with E-state index < -0.39 is 17.7 Å². The van der Waals surface area contributed by atoms with Gasteiger partial charge in [-0.05, 0) is 35.7 Å². The summed E-state index contributed by atoms with van der Waals surface area (Å²) >= 11 is 0. The van der Waals surface area contributed by atoms with Crippen LogP contribution in [0.25, 0.3) is 0 Å². The Balaban J connectivity index is 2.36. The number of aliphatic hydroxyl groups is 1. The van der Waals surface area contributed by atoms with Crippen LogP contribution in [0.2, 0.25) is 0 Å². The Morgan fingerprint density at radius 2 is 1.80 bits per heavy atom. The number of hydrogen-bond donors (Lipinski definition) is 2. The van der Waals surface area contributed by atoms with Crippen molar-refractivity contribution in [1.82, 2.24) is 0 Å². The highest BCUT2D eigenvalue weighted by Crippen LogP contribution is 2.32. The van der Waals surface area contributed by atoms with E-state index >= 15 is 0 Å². The van der Waals surface area contributed by atoms with Crippen LogP contribution in [-0.4, -0.2) is 11.7 Å². The first kappa shape index (κ1) is 14.6. The number of benzene rings is 2. The Kier molecular flexibility index (Phi) is 4.47. The summed E-state index contributed by atoms with van der Waals surface area (Å²) in [6.45, 7) is 2.14. The number of halogens is 2. The SMILES string of the molecule is Cc1ccccc1C(CN)C(O)c1ccc(F)c(F)c1. The summed E-state index contributed by atoms with van der Waals surface area (Å²) in [5, 5.41) is 10.4. The quantitative estimate of drug-likeness (QED) is 0.902. The third-order valence-corrected chi connectivity index (χ3v) is 3.51. The van der Waals surface area contributed by atoms with E-state index in [1.54, 1.807) is 0 Å². The lowest BCUT2D eigenvalue weighted by Gasteiger charge is -2.24. The summed E-state index contributed by atoms with van der Waals surface area (Å²) < 4.78 is 26.2. The van der Waals surface area contributed by atoms with Crippen molar-refractivity contribution >= 4 is 0 Å². The van der Waals surface area contributed by atoms with Crippen molar-refractivity contribution in [3.63, 3.8) is 0 Å². The molecule has 0 aliphatic rings. The maximum absolute atomic E-state index is 13.3. The van der Waals surface area contributed by atoms with E-state index in [-0.39, 0.29) is 12.5 Å². The van der Waals surface area contributed by atoms with Gasteiger partial charge in [0.05, 0.1) is 6.10 Å². The molecule has 0 aliphatic carbocycles. The van der Waals surface area contributed by atoms with E-state index in [0.29, 0.717) is 5.56 Å². The Morgan fingerprint density at radius 3 is 2.40 bits per heavy atom. The van der Waals surface area contributed by atoms with Crippen molar-refractivity contribution in [2.75, 3.05) is 6.54 Å². The van der Waals surface area contributed by atoms with Crippen LogP contribution in [0.3, 0.4) is 0 Å². The zero-order chi connectivity index (χ0) is 14.7. The molecule has 0 aliphatic heterocycles. The first-order valence-electron chi connectivity index (χ1n) is 6.43. The Labute approximate surface area is 116 Å². The molecule has 0 bridgehead atoms. The lowest BCUT2D eigenvalue weighted by Crippen LogP contribution is -2.21. The molecule has 0 radical (unpaired) electrons. The summed E-state index contributed by atoms with van der Waals surface area (Å²) in [5.41, 5.74) is 7.99. The molecule has 0 amide bonds. The fourth-order valence-electron chi connectivity index (χ4n) is 2.36. The molecule has 2 rings (SSSR count). The monoisotopic (exact) mass is 277 g/mol. The molecule has 3 N–H and O–H groups in total. The molecule has 2 aromatic rings. The molecule has 106 valence electrons. The molecule has 2 atom stereocenters. The summed E-state index contributed by atoms with van der Waals surface area (Å²) in [4.78, 5) is 0. The van der Waals surface area contributed by atoms with Crippen LogP contribution < -0.4 is 5.73 Å². The predicted molar refractivity (Wildman–Crippen MR) is 74.3 cm³/mol. The van der Waals surface area contributed by atoms with Gasteiger partial charge in [-0.2, -0.15) is 0 Å². The molecule has 0 spiro atoms. The molecule has 0 heterocycles. The number of nitrogens with two attached hydrogens (primary N) is 1. The lowest BCUT2D eigenvalue weighted by molar-refractivity contribution is 0.146. The van der Waals surface area contributed by atoms with E-state index in [1.807, 2.05) is 31.2 Å². The molecule has 20 heavy (non-hydrogen) atoms. The van der Waals surface area contributed by atoms with Gasteiger partial charge in [0.15, 0.2) is 11.6 Å². The molecule has 2 aromatic carbocycles. The minimum atomic E-state index is -0.976. The Morgan fingerprint density at radius 1 is 1.10 bits per heavy atom. The van der Waals surface area contributed by atoms with Crippen molar-refractivity contribution < 1.29 is 13.9 Å². The second-order valence-electron chi connectivity index (χ2n) is 4.82. The van der Waals surface area contributed by atoms with Crippen LogP contribution in [0.4, 0.5) is 8.78 Å². The highest BCUT2D eigenvalue weighted by atomic mass is 19.2. The van der Waals surface area contributed by atoms with Crippen molar-refractivity contribution in [2.45, 2.75) is 18.9 Å². The van der Waals surface area contributed by atoms with Crippen molar-refractivity contribution in [2.24, 2.45) is 5.73 Å². The largest absolute Gasteiger partial charge is 0.388 e. The second-order valence-corrected chi connectivity index (χ2v) is 4.82. The van der Waals surface area contributed by atoms with Gasteiger partial charge in [-0.25, -0.2) is 8.78 Å². The van der Waals surface area contributed by atoms with Crippen molar-refractivity contribution in [3.8, 4) is 0 Å². The van der Waals surface area contributed by atoms with E-state index in [0.717, 1.165) is 23.3 Å². The Bertz CT molecular complexity index is 601. The minimum Gasteiger partial charge on any atom is -0.388 e. The third kappa shape index (κ3) is 2.86. The van der Waals surface area contributed by atoms with Gasteiger partial charge in [-0.1, -0.05) is 30.3 Å². The first-order valence-corrected chi connectivity index (χ1v) is 6.43. The van der Waals surface area contributed by atoms with Gasteiger partial charge in [0.2, 0.25) is 0 Å².